The fraction of sp³-hybridized carbons (Fsp3) is 0.238. The van der Waals surface area contributed by atoms with Crippen LogP contribution in [-0.4, -0.2) is 48.0 Å². The zero-order chi connectivity index (χ0) is 38.1. The molecule has 3 fully saturated rings. The smallest absolute Gasteiger partial charge is 0.260 e. The number of carbonyl (C=O) groups excluding carboxylic acids is 4. The number of ether oxygens (including phenoxy) is 2. The second kappa shape index (κ2) is 13.4. The lowest BCUT2D eigenvalue weighted by Gasteiger charge is -2.50. The van der Waals surface area contributed by atoms with E-state index < -0.39 is 46.8 Å². The minimum absolute atomic E-state index is 0.0603. The summed E-state index contributed by atoms with van der Waals surface area (Å²) >= 11 is 12.7. The molecule has 0 bridgehead atoms. The number of carbonyl (C=O) groups is 4. The summed E-state index contributed by atoms with van der Waals surface area (Å²) in [5.41, 5.74) is 4.31. The molecule has 4 aromatic rings. The summed E-state index contributed by atoms with van der Waals surface area (Å²) in [7, 11) is 3.00. The van der Waals surface area contributed by atoms with Gasteiger partial charge in [0.15, 0.2) is 0 Å². The van der Waals surface area contributed by atoms with Crippen molar-refractivity contribution in [3.05, 3.63) is 130 Å². The van der Waals surface area contributed by atoms with Crippen LogP contribution in [0, 0.1) is 23.7 Å². The number of hydrazine groups is 1. The Bertz CT molecular complexity index is 2270. The van der Waals surface area contributed by atoms with E-state index in [1.165, 1.54) is 31.3 Å². The van der Waals surface area contributed by atoms with Gasteiger partial charge >= 0.3 is 0 Å². The van der Waals surface area contributed by atoms with Crippen LogP contribution in [0.15, 0.2) is 103 Å². The Balaban J connectivity index is 1.35. The summed E-state index contributed by atoms with van der Waals surface area (Å²) in [6.45, 7) is 3.79. The first kappa shape index (κ1) is 35.4. The molecule has 12 heteroatoms. The highest BCUT2D eigenvalue weighted by molar-refractivity contribution is 6.36. The van der Waals surface area contributed by atoms with Crippen LogP contribution in [0.25, 0.3) is 6.08 Å². The van der Waals surface area contributed by atoms with E-state index in [1.54, 1.807) is 78.9 Å². The maximum absolute atomic E-state index is 15.5. The lowest BCUT2D eigenvalue weighted by atomic mass is 9.49. The first-order valence-corrected chi connectivity index (χ1v) is 18.2. The molecule has 2 aliphatic heterocycles. The molecule has 274 valence electrons. The van der Waals surface area contributed by atoms with E-state index in [1.807, 2.05) is 6.08 Å². The van der Waals surface area contributed by atoms with Crippen molar-refractivity contribution >= 4 is 64.3 Å². The lowest BCUT2D eigenvalue weighted by molar-refractivity contribution is -0.138. The van der Waals surface area contributed by atoms with Gasteiger partial charge < -0.3 is 14.6 Å². The number of benzene rings is 4. The van der Waals surface area contributed by atoms with Gasteiger partial charge in [-0.25, -0.2) is 0 Å². The number of nitrogens with zero attached hydrogens (tertiary/aromatic N) is 2. The van der Waals surface area contributed by atoms with Crippen molar-refractivity contribution in [3.8, 4) is 17.2 Å². The summed E-state index contributed by atoms with van der Waals surface area (Å²) < 4.78 is 11.3. The molecule has 2 saturated heterocycles. The van der Waals surface area contributed by atoms with Gasteiger partial charge in [-0.2, -0.15) is 5.01 Å². The molecule has 1 saturated carbocycles. The zero-order valence-electron chi connectivity index (χ0n) is 29.3. The highest BCUT2D eigenvalue weighted by Gasteiger charge is 2.71. The van der Waals surface area contributed by atoms with Gasteiger partial charge in [0.05, 0.1) is 53.8 Å². The molecule has 4 aromatic carbocycles. The maximum Gasteiger partial charge on any atom is 0.260 e. The minimum Gasteiger partial charge on any atom is -0.508 e. The Hall–Kier alpha value is -5.58. The number of nitrogens with one attached hydrogen (secondary N) is 1. The van der Waals surface area contributed by atoms with E-state index in [4.69, 9.17) is 32.7 Å². The molecule has 6 unspecified atom stereocenters. The van der Waals surface area contributed by atoms with Crippen molar-refractivity contribution in [2.75, 3.05) is 24.5 Å². The van der Waals surface area contributed by atoms with Crippen molar-refractivity contribution in [2.24, 2.45) is 23.7 Å². The first-order valence-electron chi connectivity index (χ1n) is 17.5. The third-order valence-corrected chi connectivity index (χ3v) is 12.1. The number of halogens is 2. The molecular formula is C42H35Cl2N3O7. The normalized spacial score (nSPS) is 25.9. The molecule has 54 heavy (non-hydrogen) atoms. The van der Waals surface area contributed by atoms with Crippen LogP contribution in [0.3, 0.4) is 0 Å². The molecule has 4 amide bonds. The predicted molar refractivity (Wildman–Crippen MR) is 204 cm³/mol. The third-order valence-electron chi connectivity index (χ3n) is 11.5. The maximum atomic E-state index is 15.5. The van der Waals surface area contributed by atoms with E-state index in [2.05, 4.69) is 12.0 Å². The summed E-state index contributed by atoms with van der Waals surface area (Å²) in [6, 6.07) is 23.4. The van der Waals surface area contributed by atoms with Gasteiger partial charge in [-0.15, -0.1) is 0 Å². The second-order valence-corrected chi connectivity index (χ2v) is 14.8. The van der Waals surface area contributed by atoms with Crippen LogP contribution in [0.2, 0.25) is 10.0 Å². The number of hydrogen-bond acceptors (Lipinski definition) is 8. The van der Waals surface area contributed by atoms with Gasteiger partial charge in [0.25, 0.3) is 11.8 Å². The van der Waals surface area contributed by atoms with E-state index in [0.717, 1.165) is 10.6 Å². The number of hydrogen-bond donors (Lipinski definition) is 2. The van der Waals surface area contributed by atoms with Gasteiger partial charge in [-0.05, 0) is 84.5 Å². The lowest BCUT2D eigenvalue weighted by Crippen LogP contribution is -2.53. The summed E-state index contributed by atoms with van der Waals surface area (Å²) in [5, 5.41) is 13.3. The fourth-order valence-electron chi connectivity index (χ4n) is 9.17. The van der Waals surface area contributed by atoms with E-state index in [-0.39, 0.29) is 46.7 Å². The van der Waals surface area contributed by atoms with Crippen molar-refractivity contribution in [1.82, 2.24) is 5.01 Å². The number of aromatic hydroxyl groups is 1. The Morgan fingerprint density at radius 3 is 2.30 bits per heavy atom. The molecule has 10 nitrogen and oxygen atoms in total. The van der Waals surface area contributed by atoms with E-state index >= 15 is 4.79 Å². The summed E-state index contributed by atoms with van der Waals surface area (Å²) in [6.07, 6.45) is 3.87. The topological polar surface area (TPSA) is 125 Å². The minimum atomic E-state index is -1.66. The van der Waals surface area contributed by atoms with Crippen LogP contribution < -0.4 is 19.8 Å². The monoisotopic (exact) mass is 763 g/mol. The van der Waals surface area contributed by atoms with Gasteiger partial charge in [-0.3, -0.25) is 29.5 Å². The molecule has 2 aliphatic carbocycles. The van der Waals surface area contributed by atoms with Crippen molar-refractivity contribution in [3.63, 3.8) is 0 Å². The van der Waals surface area contributed by atoms with Crippen molar-refractivity contribution in [2.45, 2.75) is 24.2 Å². The van der Waals surface area contributed by atoms with Crippen LogP contribution in [0.5, 0.6) is 17.2 Å². The van der Waals surface area contributed by atoms with Gasteiger partial charge in [0.2, 0.25) is 11.8 Å². The molecule has 0 radical (unpaired) electrons. The number of phenolic OH excluding ortho intramolecular Hbond substituents is 1. The van der Waals surface area contributed by atoms with Gasteiger partial charge in [-0.1, -0.05) is 77.8 Å². The van der Waals surface area contributed by atoms with Gasteiger partial charge in [0.1, 0.15) is 17.2 Å². The van der Waals surface area contributed by atoms with Crippen LogP contribution in [-0.2, 0) is 24.6 Å². The molecule has 0 aromatic heterocycles. The van der Waals surface area contributed by atoms with Crippen LogP contribution in [0.1, 0.15) is 35.4 Å². The van der Waals surface area contributed by atoms with Crippen molar-refractivity contribution in [1.29, 1.82) is 0 Å². The fourth-order valence-corrected chi connectivity index (χ4v) is 9.62. The number of amides is 4. The largest absolute Gasteiger partial charge is 0.508 e. The Kier molecular flexibility index (Phi) is 8.78. The van der Waals surface area contributed by atoms with Crippen LogP contribution >= 0.6 is 23.2 Å². The average molecular weight is 765 g/mol. The molecule has 4 aliphatic rings. The molecule has 6 atom stereocenters. The number of allylic oxidation sites excluding steroid dienone is 2. The SMILES string of the molecule is C=Cc1ccc(N2C(=O)C3CC=C4C(CC5C(=O)N(Nc6ccc(Cl)cc6Cl)C(=O)C5(c5ccc(OC)cc5)C4c4c(O)cccc4OC)C3C2=O)cc1. The number of anilines is 2. The average Bonchev–Trinajstić information content (AvgIpc) is 3.56. The molecule has 2 heterocycles. The zero-order valence-corrected chi connectivity index (χ0v) is 30.8. The number of methoxy groups -OCH3 is 2. The molecule has 8 rings (SSSR count). The summed E-state index contributed by atoms with van der Waals surface area (Å²) in [4.78, 5) is 60.4. The number of fused-ring (bicyclic) bond motifs is 4. The van der Waals surface area contributed by atoms with Crippen LogP contribution in [0.4, 0.5) is 11.4 Å². The predicted octanol–water partition coefficient (Wildman–Crippen LogP) is 7.55. The highest BCUT2D eigenvalue weighted by atomic mass is 35.5. The Morgan fingerprint density at radius 1 is 0.889 bits per heavy atom. The quantitative estimate of drug-likeness (QED) is 0.139. The van der Waals surface area contributed by atoms with E-state index in [0.29, 0.717) is 33.3 Å². The molecule has 0 spiro atoms. The van der Waals surface area contributed by atoms with Crippen molar-refractivity contribution < 1.29 is 33.8 Å². The summed E-state index contributed by atoms with van der Waals surface area (Å²) in [5.74, 6) is -5.46. The second-order valence-electron chi connectivity index (χ2n) is 13.9. The molecular weight excluding hydrogens is 729 g/mol. The first-order chi connectivity index (χ1) is 26.0. The third kappa shape index (κ3) is 5.15. The van der Waals surface area contributed by atoms with Gasteiger partial charge in [0, 0.05) is 16.5 Å². The Labute approximate surface area is 321 Å². The highest BCUT2D eigenvalue weighted by Crippen LogP contribution is 2.66. The Morgan fingerprint density at radius 2 is 1.63 bits per heavy atom. The number of phenols is 1. The number of rotatable bonds is 8. The van der Waals surface area contributed by atoms with E-state index in [9.17, 15) is 19.5 Å². The number of imide groups is 2. The molecule has 2 N–H and O–H groups in total. The standard InChI is InChI=1S/C42H35Cl2N3O7/c1-4-22-8-13-25(14-9-22)46-38(49)28-18-17-27-29(35(28)40(46)51)21-30-39(50)47(45-32-19-12-24(43)20-31(32)44)41(52)42(30,23-10-15-26(53-2)16-11-23)37(27)36-33(48)6-5-7-34(36)54-3/h4-17,19-20,28-30,35,37,45,48H,1,18,21H2,2-3H3.